The highest BCUT2D eigenvalue weighted by Gasteiger charge is 2.18. The van der Waals surface area contributed by atoms with E-state index in [1.54, 1.807) is 48.5 Å². The van der Waals surface area contributed by atoms with Crippen LogP contribution in [0, 0.1) is 0 Å². The Morgan fingerprint density at radius 3 is 2.38 bits per heavy atom. The molecule has 0 aliphatic rings. The highest BCUT2D eigenvalue weighted by atomic mass is 79.9. The van der Waals surface area contributed by atoms with Crippen LogP contribution in [0.25, 0.3) is 11.0 Å². The molecule has 0 bridgehead atoms. The van der Waals surface area contributed by atoms with Crippen molar-refractivity contribution in [1.29, 1.82) is 0 Å². The Bertz CT molecular complexity index is 1390. The molecule has 0 radical (unpaired) electrons. The van der Waals surface area contributed by atoms with Gasteiger partial charge in [-0.1, -0.05) is 40.2 Å². The molecule has 0 saturated heterocycles. The number of fused-ring (bicyclic) bond motifs is 1. The zero-order valence-electron chi connectivity index (χ0n) is 17.6. The summed E-state index contributed by atoms with van der Waals surface area (Å²) >= 11 is 12.0. The van der Waals surface area contributed by atoms with E-state index in [0.29, 0.717) is 37.2 Å². The molecule has 34 heavy (non-hydrogen) atoms. The van der Waals surface area contributed by atoms with Gasteiger partial charge in [-0.2, -0.15) is 0 Å². The van der Waals surface area contributed by atoms with E-state index in [9.17, 15) is 9.59 Å². The minimum Gasteiger partial charge on any atom is -0.495 e. The van der Waals surface area contributed by atoms with Crippen LogP contribution in [-0.2, 0) is 0 Å². The second-order valence-electron chi connectivity index (χ2n) is 7.06. The highest BCUT2D eigenvalue weighted by Crippen LogP contribution is 2.32. The Balaban J connectivity index is 1.42. The average molecular weight is 603 g/mol. The van der Waals surface area contributed by atoms with E-state index in [2.05, 4.69) is 47.8 Å². The van der Waals surface area contributed by atoms with Crippen LogP contribution in [0.3, 0.4) is 0 Å². The Morgan fingerprint density at radius 1 is 0.912 bits per heavy atom. The summed E-state index contributed by atoms with van der Waals surface area (Å²) in [5.41, 5.74) is 2.05. The van der Waals surface area contributed by atoms with Gasteiger partial charge in [0.25, 0.3) is 11.8 Å². The van der Waals surface area contributed by atoms with Crippen LogP contribution < -0.4 is 20.7 Å². The number of para-hydroxylation sites is 1. The third kappa shape index (κ3) is 5.46. The number of amides is 2. The number of anilines is 2. The molecule has 4 aromatic rings. The summed E-state index contributed by atoms with van der Waals surface area (Å²) in [6.45, 7) is 0. The number of rotatable bonds is 5. The van der Waals surface area contributed by atoms with Crippen LogP contribution >= 0.6 is 44.1 Å². The molecule has 0 aliphatic heterocycles. The Hall–Kier alpha value is -3.21. The molecule has 1 aromatic heterocycles. The van der Waals surface area contributed by atoms with Crippen LogP contribution in [0.5, 0.6) is 5.75 Å². The van der Waals surface area contributed by atoms with Crippen molar-refractivity contribution in [2.75, 3.05) is 17.7 Å². The summed E-state index contributed by atoms with van der Waals surface area (Å²) in [4.78, 5) is 25.4. The first-order chi connectivity index (χ1) is 16.3. The van der Waals surface area contributed by atoms with Gasteiger partial charge < -0.3 is 19.8 Å². The number of hydrogen-bond acceptors (Lipinski definition) is 5. The van der Waals surface area contributed by atoms with Crippen molar-refractivity contribution in [2.45, 2.75) is 0 Å². The number of benzene rings is 3. The van der Waals surface area contributed by atoms with E-state index < -0.39 is 5.91 Å². The molecule has 7 nitrogen and oxygen atoms in total. The molecular formula is C24H17Br2N3O4S. The molecule has 0 fully saturated rings. The van der Waals surface area contributed by atoms with Gasteiger partial charge >= 0.3 is 0 Å². The van der Waals surface area contributed by atoms with Gasteiger partial charge in [-0.25, -0.2) is 0 Å². The predicted molar refractivity (Wildman–Crippen MR) is 143 cm³/mol. The van der Waals surface area contributed by atoms with Crippen molar-refractivity contribution >= 4 is 83.3 Å². The zero-order valence-corrected chi connectivity index (χ0v) is 21.6. The number of carbonyl (C=O) groups excluding carboxylic acids is 2. The van der Waals surface area contributed by atoms with E-state index in [-0.39, 0.29) is 16.8 Å². The second kappa shape index (κ2) is 10.4. The van der Waals surface area contributed by atoms with E-state index in [1.807, 2.05) is 18.2 Å². The van der Waals surface area contributed by atoms with Crippen LogP contribution in [0.2, 0.25) is 0 Å². The van der Waals surface area contributed by atoms with Crippen molar-refractivity contribution in [1.82, 2.24) is 5.32 Å². The van der Waals surface area contributed by atoms with Crippen LogP contribution in [0.4, 0.5) is 11.4 Å². The number of nitrogens with one attached hydrogen (secondary N) is 3. The Kier molecular flexibility index (Phi) is 7.30. The molecule has 0 spiro atoms. The van der Waals surface area contributed by atoms with E-state index in [1.165, 1.54) is 7.11 Å². The van der Waals surface area contributed by atoms with Gasteiger partial charge in [0, 0.05) is 21.2 Å². The topological polar surface area (TPSA) is 92.6 Å². The lowest BCUT2D eigenvalue weighted by Gasteiger charge is -2.14. The molecular weight excluding hydrogens is 586 g/mol. The zero-order chi connectivity index (χ0) is 24.2. The predicted octanol–water partition coefficient (Wildman–Crippen LogP) is 6.35. The summed E-state index contributed by atoms with van der Waals surface area (Å²) < 4.78 is 12.3. The monoisotopic (exact) mass is 601 g/mol. The van der Waals surface area contributed by atoms with Gasteiger partial charge in [-0.15, -0.1) is 0 Å². The fraction of sp³-hybridized carbons (Fsp3) is 0.0417. The van der Waals surface area contributed by atoms with Gasteiger partial charge in [0.1, 0.15) is 11.3 Å². The SMILES string of the molecule is COc1c(Br)cc(Br)cc1C(=O)NC(=S)Nc1cccc(NC(=O)c2cc3ccccc3o2)c1. The Labute approximate surface area is 217 Å². The first-order valence-electron chi connectivity index (χ1n) is 9.89. The van der Waals surface area contributed by atoms with E-state index in [0.717, 1.165) is 5.39 Å². The highest BCUT2D eigenvalue weighted by molar-refractivity contribution is 9.11. The molecule has 4 rings (SSSR count). The summed E-state index contributed by atoms with van der Waals surface area (Å²) in [7, 11) is 1.48. The van der Waals surface area contributed by atoms with Gasteiger partial charge in [0.05, 0.1) is 17.1 Å². The molecule has 2 amide bonds. The largest absolute Gasteiger partial charge is 0.495 e. The minimum atomic E-state index is -0.439. The molecule has 3 aromatic carbocycles. The summed E-state index contributed by atoms with van der Waals surface area (Å²) in [5.74, 6) is -0.225. The maximum Gasteiger partial charge on any atom is 0.291 e. The smallest absolute Gasteiger partial charge is 0.291 e. The minimum absolute atomic E-state index is 0.0870. The lowest BCUT2D eigenvalue weighted by molar-refractivity contribution is 0.0972. The van der Waals surface area contributed by atoms with Crippen molar-refractivity contribution in [2.24, 2.45) is 0 Å². The maximum atomic E-state index is 12.7. The third-order valence-electron chi connectivity index (χ3n) is 4.71. The molecule has 0 atom stereocenters. The summed E-state index contributed by atoms with van der Waals surface area (Å²) in [5, 5.41) is 9.31. The quantitative estimate of drug-likeness (QED) is 0.231. The number of ether oxygens (including phenoxy) is 1. The van der Waals surface area contributed by atoms with Gasteiger partial charge in [-0.3, -0.25) is 14.9 Å². The van der Waals surface area contributed by atoms with Crippen LogP contribution in [0.15, 0.2) is 80.1 Å². The molecule has 1 heterocycles. The molecule has 0 saturated carbocycles. The lowest BCUT2D eigenvalue weighted by Crippen LogP contribution is -2.34. The molecule has 10 heteroatoms. The van der Waals surface area contributed by atoms with Crippen molar-refractivity contribution in [3.8, 4) is 5.75 Å². The lowest BCUT2D eigenvalue weighted by atomic mass is 10.2. The summed E-state index contributed by atoms with van der Waals surface area (Å²) in [6.07, 6.45) is 0. The van der Waals surface area contributed by atoms with E-state index >= 15 is 0 Å². The number of halogens is 2. The van der Waals surface area contributed by atoms with Crippen molar-refractivity contribution in [3.63, 3.8) is 0 Å². The third-order valence-corrected chi connectivity index (χ3v) is 5.96. The number of carbonyl (C=O) groups is 2. The fourth-order valence-corrected chi connectivity index (χ4v) is 4.83. The van der Waals surface area contributed by atoms with Gasteiger partial charge in [0.2, 0.25) is 0 Å². The fourth-order valence-electron chi connectivity index (χ4n) is 3.23. The van der Waals surface area contributed by atoms with Crippen LogP contribution in [0.1, 0.15) is 20.9 Å². The maximum absolute atomic E-state index is 12.7. The van der Waals surface area contributed by atoms with Crippen LogP contribution in [-0.4, -0.2) is 24.0 Å². The van der Waals surface area contributed by atoms with Gasteiger partial charge in [0.15, 0.2) is 10.9 Å². The molecule has 172 valence electrons. The Morgan fingerprint density at radius 2 is 1.65 bits per heavy atom. The number of furan rings is 1. The van der Waals surface area contributed by atoms with Gasteiger partial charge in [-0.05, 0) is 70.6 Å². The summed E-state index contributed by atoms with van der Waals surface area (Å²) in [6, 6.07) is 19.4. The van der Waals surface area contributed by atoms with E-state index in [4.69, 9.17) is 21.4 Å². The number of hydrogen-bond donors (Lipinski definition) is 3. The average Bonchev–Trinajstić information content (AvgIpc) is 3.23. The second-order valence-corrected chi connectivity index (χ2v) is 9.24. The molecule has 0 aliphatic carbocycles. The first kappa shape index (κ1) is 23.9. The standard InChI is InChI=1S/C24H17Br2N3O4S/c1-32-21-17(10-14(25)11-18(21)26)22(30)29-24(34)28-16-7-4-6-15(12-16)27-23(31)20-9-13-5-2-3-8-19(13)33-20/h2-12H,1H3,(H,27,31)(H2,28,29,30,34). The normalized spacial score (nSPS) is 10.6. The molecule has 0 unspecified atom stereocenters. The van der Waals surface area contributed by atoms with Crippen molar-refractivity contribution in [3.05, 3.63) is 87.0 Å². The number of thiocarbonyl (C=S) groups is 1. The number of methoxy groups -OCH3 is 1. The first-order valence-corrected chi connectivity index (χ1v) is 11.9. The molecule has 3 N–H and O–H groups in total. The van der Waals surface area contributed by atoms with Crippen molar-refractivity contribution < 1.29 is 18.7 Å².